The molecule has 0 radical (unpaired) electrons. The van der Waals surface area contributed by atoms with E-state index in [1.54, 1.807) is 0 Å². The van der Waals surface area contributed by atoms with Crippen molar-refractivity contribution >= 4 is 0 Å². The number of nitrogens with one attached hydrogen (secondary N) is 1. The fourth-order valence-corrected chi connectivity index (χ4v) is 2.43. The molecular formula is C16H29N3O. The van der Waals surface area contributed by atoms with Crippen LogP contribution in [0.5, 0.6) is 0 Å². The molecule has 1 aromatic heterocycles. The van der Waals surface area contributed by atoms with Gasteiger partial charge in [0.2, 0.25) is 0 Å². The lowest BCUT2D eigenvalue weighted by Gasteiger charge is -2.20. The Morgan fingerprint density at radius 1 is 1.10 bits per heavy atom. The van der Waals surface area contributed by atoms with Gasteiger partial charge in [0, 0.05) is 18.6 Å². The first kappa shape index (κ1) is 15.5. The van der Waals surface area contributed by atoms with Crippen LogP contribution in [0.25, 0.3) is 0 Å². The predicted octanol–water partition coefficient (Wildman–Crippen LogP) is 2.31. The van der Waals surface area contributed by atoms with Crippen LogP contribution < -0.4 is 5.32 Å². The number of likely N-dealkylation sites (N-methyl/N-ethyl adjacent to an activating group) is 1. The van der Waals surface area contributed by atoms with Crippen molar-refractivity contribution in [2.24, 2.45) is 0 Å². The van der Waals surface area contributed by atoms with Gasteiger partial charge in [-0.05, 0) is 59.5 Å². The predicted molar refractivity (Wildman–Crippen MR) is 82.7 cm³/mol. The van der Waals surface area contributed by atoms with E-state index in [1.807, 2.05) is 0 Å². The quantitative estimate of drug-likeness (QED) is 0.916. The molecule has 0 atom stereocenters. The lowest BCUT2D eigenvalue weighted by molar-refractivity contribution is 0.245. The van der Waals surface area contributed by atoms with Crippen LogP contribution in [-0.4, -0.2) is 48.6 Å². The first-order valence-electron chi connectivity index (χ1n) is 7.66. The smallest absolute Gasteiger partial charge is 0.118 e. The Kier molecular flexibility index (Phi) is 5.24. The lowest BCUT2D eigenvalue weighted by Crippen LogP contribution is -2.34. The molecule has 20 heavy (non-hydrogen) atoms. The fourth-order valence-electron chi connectivity index (χ4n) is 2.43. The van der Waals surface area contributed by atoms with Gasteiger partial charge in [-0.2, -0.15) is 0 Å². The minimum Gasteiger partial charge on any atom is -0.463 e. The zero-order valence-corrected chi connectivity index (χ0v) is 13.4. The Labute approximate surface area is 123 Å². The SMILES string of the molecule is CN1CCCN(Cc2ccc(CNC(C)(C)C)o2)CC1. The first-order chi connectivity index (χ1) is 9.42. The zero-order chi connectivity index (χ0) is 14.6. The Balaban J connectivity index is 1.83. The van der Waals surface area contributed by atoms with Crippen molar-refractivity contribution in [3.05, 3.63) is 23.7 Å². The number of rotatable bonds is 4. The number of hydrogen-bond acceptors (Lipinski definition) is 4. The molecule has 0 amide bonds. The molecule has 1 aliphatic rings. The molecule has 1 aliphatic heterocycles. The molecule has 0 spiro atoms. The summed E-state index contributed by atoms with van der Waals surface area (Å²) < 4.78 is 5.93. The highest BCUT2D eigenvalue weighted by Gasteiger charge is 2.14. The van der Waals surface area contributed by atoms with Gasteiger partial charge in [0.05, 0.1) is 13.1 Å². The van der Waals surface area contributed by atoms with E-state index in [9.17, 15) is 0 Å². The van der Waals surface area contributed by atoms with E-state index in [0.717, 1.165) is 37.7 Å². The van der Waals surface area contributed by atoms with Crippen molar-refractivity contribution in [2.45, 2.75) is 45.8 Å². The topological polar surface area (TPSA) is 31.6 Å². The Bertz CT molecular complexity index is 408. The summed E-state index contributed by atoms with van der Waals surface area (Å²) in [5.74, 6) is 2.11. The number of nitrogens with zero attached hydrogens (tertiary/aromatic N) is 2. The second-order valence-electron chi connectivity index (χ2n) is 6.90. The highest BCUT2D eigenvalue weighted by Crippen LogP contribution is 2.13. The monoisotopic (exact) mass is 279 g/mol. The lowest BCUT2D eigenvalue weighted by atomic mass is 10.1. The van der Waals surface area contributed by atoms with Gasteiger partial charge in [-0.25, -0.2) is 0 Å². The van der Waals surface area contributed by atoms with Crippen LogP contribution in [0, 0.1) is 0 Å². The molecule has 0 saturated carbocycles. The van der Waals surface area contributed by atoms with Crippen LogP contribution in [0.4, 0.5) is 0 Å². The summed E-state index contributed by atoms with van der Waals surface area (Å²) >= 11 is 0. The highest BCUT2D eigenvalue weighted by molar-refractivity contribution is 5.07. The molecule has 0 aromatic carbocycles. The van der Waals surface area contributed by atoms with E-state index < -0.39 is 0 Å². The summed E-state index contributed by atoms with van der Waals surface area (Å²) in [4.78, 5) is 4.89. The third-order valence-corrected chi connectivity index (χ3v) is 3.70. The second kappa shape index (κ2) is 6.74. The van der Waals surface area contributed by atoms with E-state index in [-0.39, 0.29) is 5.54 Å². The summed E-state index contributed by atoms with van der Waals surface area (Å²) in [6.45, 7) is 12.9. The van der Waals surface area contributed by atoms with E-state index in [4.69, 9.17) is 4.42 Å². The minimum atomic E-state index is 0.127. The molecular weight excluding hydrogens is 250 g/mol. The van der Waals surface area contributed by atoms with Crippen molar-refractivity contribution < 1.29 is 4.42 Å². The van der Waals surface area contributed by atoms with Gasteiger partial charge in [-0.1, -0.05) is 0 Å². The molecule has 0 unspecified atom stereocenters. The molecule has 2 rings (SSSR count). The third-order valence-electron chi connectivity index (χ3n) is 3.70. The van der Waals surface area contributed by atoms with Gasteiger partial charge in [0.25, 0.3) is 0 Å². The van der Waals surface area contributed by atoms with Gasteiger partial charge in [0.15, 0.2) is 0 Å². The maximum Gasteiger partial charge on any atom is 0.118 e. The van der Waals surface area contributed by atoms with Crippen molar-refractivity contribution in [1.82, 2.24) is 15.1 Å². The van der Waals surface area contributed by atoms with E-state index in [2.05, 4.69) is 55.1 Å². The average molecular weight is 279 g/mol. The van der Waals surface area contributed by atoms with E-state index in [1.165, 1.54) is 19.5 Å². The second-order valence-corrected chi connectivity index (χ2v) is 6.90. The Morgan fingerprint density at radius 3 is 2.60 bits per heavy atom. The van der Waals surface area contributed by atoms with Gasteiger partial charge in [0.1, 0.15) is 11.5 Å². The maximum atomic E-state index is 5.93. The number of furan rings is 1. The van der Waals surface area contributed by atoms with Crippen LogP contribution >= 0.6 is 0 Å². The summed E-state index contributed by atoms with van der Waals surface area (Å²) in [6.07, 6.45) is 1.25. The maximum absolute atomic E-state index is 5.93. The molecule has 1 aromatic rings. The summed E-state index contributed by atoms with van der Waals surface area (Å²) in [5, 5.41) is 3.46. The van der Waals surface area contributed by atoms with Crippen LogP contribution in [0.1, 0.15) is 38.7 Å². The fraction of sp³-hybridized carbons (Fsp3) is 0.750. The van der Waals surface area contributed by atoms with Gasteiger partial charge in [-0.15, -0.1) is 0 Å². The normalized spacial score (nSPS) is 19.2. The Hall–Kier alpha value is -0.840. The average Bonchev–Trinajstić information content (AvgIpc) is 2.70. The first-order valence-corrected chi connectivity index (χ1v) is 7.66. The van der Waals surface area contributed by atoms with Crippen LogP contribution in [0.3, 0.4) is 0 Å². The zero-order valence-electron chi connectivity index (χ0n) is 13.4. The molecule has 2 heterocycles. The molecule has 0 bridgehead atoms. The van der Waals surface area contributed by atoms with Crippen molar-refractivity contribution in [3.8, 4) is 0 Å². The van der Waals surface area contributed by atoms with Crippen LogP contribution in [0.2, 0.25) is 0 Å². The molecule has 1 saturated heterocycles. The molecule has 0 aliphatic carbocycles. The minimum absolute atomic E-state index is 0.127. The van der Waals surface area contributed by atoms with Crippen molar-refractivity contribution in [3.63, 3.8) is 0 Å². The summed E-state index contributed by atoms with van der Waals surface area (Å²) in [6, 6.07) is 4.21. The van der Waals surface area contributed by atoms with Gasteiger partial charge < -0.3 is 14.6 Å². The van der Waals surface area contributed by atoms with E-state index >= 15 is 0 Å². The van der Waals surface area contributed by atoms with Crippen LogP contribution in [-0.2, 0) is 13.1 Å². The van der Waals surface area contributed by atoms with Gasteiger partial charge >= 0.3 is 0 Å². The summed E-state index contributed by atoms with van der Waals surface area (Å²) in [7, 11) is 2.20. The molecule has 1 N–H and O–H groups in total. The van der Waals surface area contributed by atoms with Crippen molar-refractivity contribution in [1.29, 1.82) is 0 Å². The van der Waals surface area contributed by atoms with E-state index in [0.29, 0.717) is 0 Å². The largest absolute Gasteiger partial charge is 0.463 e. The third kappa shape index (κ3) is 5.27. The Morgan fingerprint density at radius 2 is 1.85 bits per heavy atom. The summed E-state index contributed by atoms with van der Waals surface area (Å²) in [5.41, 5.74) is 0.127. The number of hydrogen-bond donors (Lipinski definition) is 1. The molecule has 4 nitrogen and oxygen atoms in total. The van der Waals surface area contributed by atoms with Gasteiger partial charge in [-0.3, -0.25) is 4.90 Å². The highest BCUT2D eigenvalue weighted by atomic mass is 16.3. The molecule has 114 valence electrons. The van der Waals surface area contributed by atoms with Crippen molar-refractivity contribution in [2.75, 3.05) is 33.2 Å². The van der Waals surface area contributed by atoms with Crippen LogP contribution in [0.15, 0.2) is 16.5 Å². The standard InChI is InChI=1S/C16H29N3O/c1-16(2,3)17-12-14-6-7-15(20-14)13-19-9-5-8-18(4)10-11-19/h6-7,17H,5,8-13H2,1-4H3. The molecule has 1 fully saturated rings. The molecule has 4 heteroatoms.